The van der Waals surface area contributed by atoms with Gasteiger partial charge in [0.05, 0.1) is 24.3 Å². The molecule has 2 aromatic rings. The molecule has 1 aliphatic heterocycles. The molecule has 19 heavy (non-hydrogen) atoms. The zero-order valence-electron chi connectivity index (χ0n) is 10.6. The summed E-state index contributed by atoms with van der Waals surface area (Å²) in [4.78, 5) is 7.81. The first-order valence-corrected chi connectivity index (χ1v) is 7.86. The lowest BCUT2D eigenvalue weighted by Gasteiger charge is -2.25. The summed E-state index contributed by atoms with van der Waals surface area (Å²) in [5.74, 6) is 0. The summed E-state index contributed by atoms with van der Waals surface area (Å²) in [6, 6.07) is 0. The van der Waals surface area contributed by atoms with E-state index in [-0.39, 0.29) is 0 Å². The molecule has 6 nitrogen and oxygen atoms in total. The highest BCUT2D eigenvalue weighted by molar-refractivity contribution is 7.25. The number of anilines is 2. The highest BCUT2D eigenvalue weighted by Crippen LogP contribution is 2.34. The summed E-state index contributed by atoms with van der Waals surface area (Å²) in [6.45, 7) is 6.27. The van der Waals surface area contributed by atoms with E-state index in [0.717, 1.165) is 53.0 Å². The van der Waals surface area contributed by atoms with E-state index in [1.807, 2.05) is 13.1 Å². The van der Waals surface area contributed by atoms with Gasteiger partial charge in [0.2, 0.25) is 5.13 Å². The van der Waals surface area contributed by atoms with Crippen molar-refractivity contribution in [2.45, 2.75) is 6.92 Å². The van der Waals surface area contributed by atoms with Crippen molar-refractivity contribution in [2.24, 2.45) is 0 Å². The summed E-state index contributed by atoms with van der Waals surface area (Å²) in [7, 11) is 0. The standard InChI is InChI=1S/C11H15N5OS2/c1-2-12-10-15-14-9(19-10)8-7-13-11(18-8)16-3-5-17-6-4-16/h7H,2-6H2,1H3,(H,12,15). The summed E-state index contributed by atoms with van der Waals surface area (Å²) < 4.78 is 5.35. The fourth-order valence-electron chi connectivity index (χ4n) is 1.81. The van der Waals surface area contributed by atoms with Crippen molar-refractivity contribution in [3.8, 4) is 9.88 Å². The van der Waals surface area contributed by atoms with E-state index < -0.39 is 0 Å². The highest BCUT2D eigenvalue weighted by Gasteiger charge is 2.16. The molecule has 1 aliphatic rings. The third-order valence-corrected chi connectivity index (χ3v) is 4.85. The van der Waals surface area contributed by atoms with Crippen LogP contribution >= 0.6 is 22.7 Å². The summed E-state index contributed by atoms with van der Waals surface area (Å²) >= 11 is 3.23. The molecule has 3 rings (SSSR count). The number of thiazole rings is 1. The molecule has 0 unspecified atom stereocenters. The smallest absolute Gasteiger partial charge is 0.206 e. The second kappa shape index (κ2) is 5.81. The summed E-state index contributed by atoms with van der Waals surface area (Å²) in [5, 5.41) is 14.3. The predicted molar refractivity (Wildman–Crippen MR) is 78.2 cm³/mol. The van der Waals surface area contributed by atoms with Crippen molar-refractivity contribution in [1.82, 2.24) is 15.2 Å². The van der Waals surface area contributed by atoms with Gasteiger partial charge in [-0.05, 0) is 6.92 Å². The molecule has 0 saturated carbocycles. The molecule has 1 N–H and O–H groups in total. The first-order valence-electron chi connectivity index (χ1n) is 6.23. The molecule has 3 heterocycles. The molecule has 0 radical (unpaired) electrons. The fourth-order valence-corrected chi connectivity index (χ4v) is 3.62. The van der Waals surface area contributed by atoms with E-state index >= 15 is 0 Å². The SMILES string of the molecule is CCNc1nnc(-c2cnc(N3CCOCC3)s2)s1. The molecule has 2 aromatic heterocycles. The second-order valence-corrected chi connectivity index (χ2v) is 6.04. The number of morpholine rings is 1. The van der Waals surface area contributed by atoms with E-state index in [4.69, 9.17) is 4.74 Å². The quantitative estimate of drug-likeness (QED) is 0.930. The lowest BCUT2D eigenvalue weighted by molar-refractivity contribution is 0.122. The van der Waals surface area contributed by atoms with Gasteiger partial charge in [0.1, 0.15) is 0 Å². The van der Waals surface area contributed by atoms with Crippen LogP contribution in [0.4, 0.5) is 10.3 Å². The number of nitrogens with one attached hydrogen (secondary N) is 1. The molecule has 1 fully saturated rings. The van der Waals surface area contributed by atoms with Gasteiger partial charge in [-0.15, -0.1) is 10.2 Å². The number of aromatic nitrogens is 3. The molecule has 102 valence electrons. The maximum absolute atomic E-state index is 5.35. The van der Waals surface area contributed by atoms with Crippen LogP contribution in [0.1, 0.15) is 6.92 Å². The van der Waals surface area contributed by atoms with Crippen LogP contribution in [0.3, 0.4) is 0 Å². The van der Waals surface area contributed by atoms with Crippen molar-refractivity contribution >= 4 is 32.9 Å². The van der Waals surface area contributed by atoms with Gasteiger partial charge in [-0.1, -0.05) is 22.7 Å². The minimum atomic E-state index is 0.776. The Hall–Kier alpha value is -1.25. The van der Waals surface area contributed by atoms with E-state index in [2.05, 4.69) is 25.4 Å². The van der Waals surface area contributed by atoms with Crippen LogP contribution in [-0.4, -0.2) is 48.0 Å². The zero-order chi connectivity index (χ0) is 13.1. The average Bonchev–Trinajstić information content (AvgIpc) is 3.08. The number of hydrogen-bond donors (Lipinski definition) is 1. The van der Waals surface area contributed by atoms with Gasteiger partial charge in [0.15, 0.2) is 10.1 Å². The van der Waals surface area contributed by atoms with E-state index in [1.165, 1.54) is 0 Å². The Morgan fingerprint density at radius 1 is 1.32 bits per heavy atom. The normalized spacial score (nSPS) is 15.7. The molecular weight excluding hydrogens is 282 g/mol. The van der Waals surface area contributed by atoms with E-state index in [0.29, 0.717) is 0 Å². The van der Waals surface area contributed by atoms with E-state index in [9.17, 15) is 0 Å². The lowest BCUT2D eigenvalue weighted by Crippen LogP contribution is -2.36. The molecule has 0 spiro atoms. The first kappa shape index (κ1) is 12.8. The molecule has 0 aliphatic carbocycles. The first-order chi connectivity index (χ1) is 9.36. The van der Waals surface area contributed by atoms with Crippen molar-refractivity contribution < 1.29 is 4.74 Å². The Labute approximate surface area is 119 Å². The maximum Gasteiger partial charge on any atom is 0.206 e. The molecule has 0 atom stereocenters. The maximum atomic E-state index is 5.35. The van der Waals surface area contributed by atoms with Crippen LogP contribution in [0.15, 0.2) is 6.20 Å². The Balaban J connectivity index is 1.75. The summed E-state index contributed by atoms with van der Waals surface area (Å²) in [5.41, 5.74) is 0. The summed E-state index contributed by atoms with van der Waals surface area (Å²) in [6.07, 6.45) is 1.88. The molecule has 0 amide bonds. The van der Waals surface area contributed by atoms with Crippen molar-refractivity contribution in [3.63, 3.8) is 0 Å². The second-order valence-electron chi connectivity index (χ2n) is 4.05. The number of rotatable bonds is 4. The van der Waals surface area contributed by atoms with Gasteiger partial charge >= 0.3 is 0 Å². The number of ether oxygens (including phenoxy) is 1. The predicted octanol–water partition coefficient (Wildman–Crippen LogP) is 1.93. The fraction of sp³-hybridized carbons (Fsp3) is 0.545. The topological polar surface area (TPSA) is 63.2 Å². The Morgan fingerprint density at radius 3 is 2.95 bits per heavy atom. The van der Waals surface area contributed by atoms with Crippen LogP contribution in [0, 0.1) is 0 Å². The zero-order valence-corrected chi connectivity index (χ0v) is 12.3. The average molecular weight is 297 g/mol. The van der Waals surface area contributed by atoms with Crippen LogP contribution in [0.5, 0.6) is 0 Å². The van der Waals surface area contributed by atoms with Gasteiger partial charge in [-0.25, -0.2) is 4.98 Å². The van der Waals surface area contributed by atoms with Gasteiger partial charge in [0.25, 0.3) is 0 Å². The van der Waals surface area contributed by atoms with Crippen LogP contribution in [0.25, 0.3) is 9.88 Å². The Bertz CT molecular complexity index is 535. The van der Waals surface area contributed by atoms with Crippen LogP contribution in [0.2, 0.25) is 0 Å². The largest absolute Gasteiger partial charge is 0.378 e. The third kappa shape index (κ3) is 2.85. The van der Waals surface area contributed by atoms with Crippen molar-refractivity contribution in [3.05, 3.63) is 6.20 Å². The lowest BCUT2D eigenvalue weighted by atomic mass is 10.5. The number of hydrogen-bond acceptors (Lipinski definition) is 8. The van der Waals surface area contributed by atoms with Gasteiger partial charge < -0.3 is 15.0 Å². The van der Waals surface area contributed by atoms with Crippen molar-refractivity contribution in [2.75, 3.05) is 43.1 Å². The van der Waals surface area contributed by atoms with E-state index in [1.54, 1.807) is 22.7 Å². The minimum absolute atomic E-state index is 0.776. The van der Waals surface area contributed by atoms with Crippen LogP contribution < -0.4 is 10.2 Å². The minimum Gasteiger partial charge on any atom is -0.378 e. The van der Waals surface area contributed by atoms with Gasteiger partial charge in [0, 0.05) is 19.6 Å². The van der Waals surface area contributed by atoms with Crippen molar-refractivity contribution in [1.29, 1.82) is 0 Å². The molecule has 8 heteroatoms. The highest BCUT2D eigenvalue weighted by atomic mass is 32.1. The molecule has 0 bridgehead atoms. The third-order valence-electron chi connectivity index (χ3n) is 2.74. The number of nitrogens with zero attached hydrogens (tertiary/aromatic N) is 4. The molecular formula is C11H15N5OS2. The Kier molecular flexibility index (Phi) is 3.90. The Morgan fingerprint density at radius 2 is 2.16 bits per heavy atom. The van der Waals surface area contributed by atoms with Gasteiger partial charge in [-0.3, -0.25) is 0 Å². The van der Waals surface area contributed by atoms with Gasteiger partial charge in [-0.2, -0.15) is 0 Å². The monoisotopic (exact) mass is 297 g/mol. The molecule has 1 saturated heterocycles. The molecule has 0 aromatic carbocycles. The van der Waals surface area contributed by atoms with Crippen LogP contribution in [-0.2, 0) is 4.74 Å².